The van der Waals surface area contributed by atoms with Gasteiger partial charge in [0.05, 0.1) is 7.11 Å². The minimum absolute atomic E-state index is 0.0190. The molecular formula is C22H25ClN2O5. The lowest BCUT2D eigenvalue weighted by Gasteiger charge is -2.32. The summed E-state index contributed by atoms with van der Waals surface area (Å²) in [5, 5.41) is 3.57. The third-order valence-corrected chi connectivity index (χ3v) is 5.07. The molecule has 1 saturated heterocycles. The standard InChI is InChI=1S/C22H25ClN2O5/c1-28-19-4-2-3-5-20(19)30-15-22(27)25-12-10-17(11-13-25)24-21(26)14-29-18-8-6-16(23)7-9-18/h2-9,17H,10-15H2,1H3,(H,24,26). The van der Waals surface area contributed by atoms with Gasteiger partial charge >= 0.3 is 0 Å². The average Bonchev–Trinajstić information content (AvgIpc) is 2.77. The van der Waals surface area contributed by atoms with E-state index >= 15 is 0 Å². The monoisotopic (exact) mass is 432 g/mol. The molecule has 2 amide bonds. The van der Waals surface area contributed by atoms with Crippen LogP contribution >= 0.6 is 11.6 Å². The van der Waals surface area contributed by atoms with Crippen LogP contribution in [-0.2, 0) is 9.59 Å². The summed E-state index contributed by atoms with van der Waals surface area (Å²) >= 11 is 5.83. The van der Waals surface area contributed by atoms with Crippen molar-refractivity contribution in [3.05, 3.63) is 53.6 Å². The van der Waals surface area contributed by atoms with Gasteiger partial charge in [0.1, 0.15) is 5.75 Å². The summed E-state index contributed by atoms with van der Waals surface area (Å²) in [6, 6.07) is 14.1. The Hall–Kier alpha value is -2.93. The fourth-order valence-electron chi connectivity index (χ4n) is 3.19. The zero-order valence-corrected chi connectivity index (χ0v) is 17.6. The first-order valence-corrected chi connectivity index (χ1v) is 10.1. The van der Waals surface area contributed by atoms with E-state index < -0.39 is 0 Å². The fourth-order valence-corrected chi connectivity index (χ4v) is 3.32. The van der Waals surface area contributed by atoms with Crippen molar-refractivity contribution in [2.75, 3.05) is 33.4 Å². The lowest BCUT2D eigenvalue weighted by atomic mass is 10.1. The Kier molecular flexibility index (Phi) is 7.79. The fraction of sp³-hybridized carbons (Fsp3) is 0.364. The highest BCUT2D eigenvalue weighted by molar-refractivity contribution is 6.30. The number of rotatable bonds is 8. The third-order valence-electron chi connectivity index (χ3n) is 4.82. The van der Waals surface area contributed by atoms with Gasteiger partial charge in [-0.25, -0.2) is 0 Å². The molecule has 1 aliphatic rings. The van der Waals surface area contributed by atoms with Crippen LogP contribution in [0, 0.1) is 0 Å². The number of methoxy groups -OCH3 is 1. The van der Waals surface area contributed by atoms with E-state index in [1.165, 1.54) is 0 Å². The van der Waals surface area contributed by atoms with Gasteiger partial charge in [0.15, 0.2) is 24.7 Å². The molecule has 0 saturated carbocycles. The van der Waals surface area contributed by atoms with E-state index in [1.807, 2.05) is 12.1 Å². The van der Waals surface area contributed by atoms with E-state index in [4.69, 9.17) is 25.8 Å². The first-order valence-electron chi connectivity index (χ1n) is 9.76. The molecule has 1 fully saturated rings. The molecule has 0 atom stereocenters. The van der Waals surface area contributed by atoms with Gasteiger partial charge in [-0.05, 0) is 49.2 Å². The van der Waals surface area contributed by atoms with Crippen molar-refractivity contribution >= 4 is 23.4 Å². The van der Waals surface area contributed by atoms with Crippen LogP contribution in [-0.4, -0.2) is 56.2 Å². The summed E-state index contributed by atoms with van der Waals surface area (Å²) in [6.45, 7) is 1.02. The molecule has 0 aliphatic carbocycles. The van der Waals surface area contributed by atoms with Crippen molar-refractivity contribution in [1.82, 2.24) is 10.2 Å². The van der Waals surface area contributed by atoms with Crippen LogP contribution in [0.25, 0.3) is 0 Å². The number of nitrogens with zero attached hydrogens (tertiary/aromatic N) is 1. The molecule has 0 unspecified atom stereocenters. The third kappa shape index (κ3) is 6.29. The second-order valence-corrected chi connectivity index (χ2v) is 7.34. The number of carbonyl (C=O) groups excluding carboxylic acids is 2. The summed E-state index contributed by atoms with van der Waals surface area (Å²) in [6.07, 6.45) is 1.38. The number of carbonyl (C=O) groups is 2. The van der Waals surface area contributed by atoms with Gasteiger partial charge in [-0.3, -0.25) is 9.59 Å². The Morgan fingerprint density at radius 3 is 2.33 bits per heavy atom. The highest BCUT2D eigenvalue weighted by atomic mass is 35.5. The highest BCUT2D eigenvalue weighted by Gasteiger charge is 2.24. The van der Waals surface area contributed by atoms with Crippen LogP contribution in [0.15, 0.2) is 48.5 Å². The van der Waals surface area contributed by atoms with E-state index in [9.17, 15) is 9.59 Å². The van der Waals surface area contributed by atoms with Crippen LogP contribution in [0.1, 0.15) is 12.8 Å². The first kappa shape index (κ1) is 21.8. The average molecular weight is 433 g/mol. The number of piperidine rings is 1. The maximum Gasteiger partial charge on any atom is 0.260 e. The number of likely N-dealkylation sites (tertiary alicyclic amines) is 1. The Balaban J connectivity index is 1.37. The summed E-state index contributed by atoms with van der Waals surface area (Å²) in [5.74, 6) is 1.44. The smallest absolute Gasteiger partial charge is 0.260 e. The number of ether oxygens (including phenoxy) is 3. The maximum absolute atomic E-state index is 12.4. The molecule has 0 radical (unpaired) electrons. The molecule has 3 rings (SSSR count). The van der Waals surface area contributed by atoms with Crippen molar-refractivity contribution in [3.8, 4) is 17.2 Å². The first-order chi connectivity index (χ1) is 14.5. The van der Waals surface area contributed by atoms with Crippen molar-refractivity contribution in [2.45, 2.75) is 18.9 Å². The van der Waals surface area contributed by atoms with E-state index in [0.717, 1.165) is 0 Å². The lowest BCUT2D eigenvalue weighted by molar-refractivity contribution is -0.134. The summed E-state index contributed by atoms with van der Waals surface area (Å²) in [7, 11) is 1.56. The molecule has 2 aromatic rings. The molecular weight excluding hydrogens is 408 g/mol. The van der Waals surface area contributed by atoms with Gasteiger partial charge < -0.3 is 24.4 Å². The largest absolute Gasteiger partial charge is 0.493 e. The van der Waals surface area contributed by atoms with Crippen LogP contribution in [0.2, 0.25) is 5.02 Å². The van der Waals surface area contributed by atoms with Crippen molar-refractivity contribution in [2.24, 2.45) is 0 Å². The van der Waals surface area contributed by atoms with Gasteiger partial charge in [0.25, 0.3) is 11.8 Å². The van der Waals surface area contributed by atoms with Gasteiger partial charge in [-0.15, -0.1) is 0 Å². The summed E-state index contributed by atoms with van der Waals surface area (Å²) in [4.78, 5) is 26.3. The van der Waals surface area contributed by atoms with E-state index in [-0.39, 0.29) is 31.1 Å². The number of hydrogen-bond acceptors (Lipinski definition) is 5. The predicted octanol–water partition coefficient (Wildman–Crippen LogP) is 2.91. The number of para-hydroxylation sites is 2. The topological polar surface area (TPSA) is 77.1 Å². The SMILES string of the molecule is COc1ccccc1OCC(=O)N1CCC(NC(=O)COc2ccc(Cl)cc2)CC1. The molecule has 1 N–H and O–H groups in total. The zero-order chi connectivity index (χ0) is 21.3. The Morgan fingerprint density at radius 1 is 1.00 bits per heavy atom. The molecule has 0 aromatic heterocycles. The quantitative estimate of drug-likeness (QED) is 0.694. The van der Waals surface area contributed by atoms with Crippen LogP contribution in [0.3, 0.4) is 0 Å². The Morgan fingerprint density at radius 2 is 1.67 bits per heavy atom. The number of hydrogen-bond donors (Lipinski definition) is 1. The van der Waals surface area contributed by atoms with Crippen molar-refractivity contribution < 1.29 is 23.8 Å². The Labute approximate surface area is 180 Å². The van der Waals surface area contributed by atoms with Gasteiger partial charge in [0, 0.05) is 24.2 Å². The minimum atomic E-state index is -0.186. The zero-order valence-electron chi connectivity index (χ0n) is 16.8. The Bertz CT molecular complexity index is 851. The molecule has 0 spiro atoms. The number of amides is 2. The lowest BCUT2D eigenvalue weighted by Crippen LogP contribution is -2.48. The molecule has 1 aliphatic heterocycles. The predicted molar refractivity (Wildman–Crippen MR) is 113 cm³/mol. The molecule has 160 valence electrons. The number of benzene rings is 2. The molecule has 0 bridgehead atoms. The van der Waals surface area contributed by atoms with E-state index in [1.54, 1.807) is 48.4 Å². The van der Waals surface area contributed by atoms with Crippen molar-refractivity contribution in [3.63, 3.8) is 0 Å². The molecule has 2 aromatic carbocycles. The van der Waals surface area contributed by atoms with Crippen LogP contribution < -0.4 is 19.5 Å². The van der Waals surface area contributed by atoms with Crippen LogP contribution in [0.5, 0.6) is 17.2 Å². The molecule has 30 heavy (non-hydrogen) atoms. The minimum Gasteiger partial charge on any atom is -0.493 e. The molecule has 1 heterocycles. The van der Waals surface area contributed by atoms with Gasteiger partial charge in [-0.1, -0.05) is 23.7 Å². The van der Waals surface area contributed by atoms with E-state index in [2.05, 4.69) is 5.32 Å². The van der Waals surface area contributed by atoms with Crippen molar-refractivity contribution in [1.29, 1.82) is 0 Å². The summed E-state index contributed by atoms with van der Waals surface area (Å²) in [5.41, 5.74) is 0. The second kappa shape index (κ2) is 10.7. The van der Waals surface area contributed by atoms with E-state index in [0.29, 0.717) is 48.2 Å². The van der Waals surface area contributed by atoms with Crippen LogP contribution in [0.4, 0.5) is 0 Å². The normalized spacial score (nSPS) is 14.1. The molecule has 8 heteroatoms. The van der Waals surface area contributed by atoms with Gasteiger partial charge in [-0.2, -0.15) is 0 Å². The number of halogens is 1. The van der Waals surface area contributed by atoms with Gasteiger partial charge in [0.2, 0.25) is 0 Å². The molecule has 7 nitrogen and oxygen atoms in total. The summed E-state index contributed by atoms with van der Waals surface area (Å²) < 4.78 is 16.3. The number of nitrogens with one attached hydrogen (secondary N) is 1. The maximum atomic E-state index is 12.4. The highest BCUT2D eigenvalue weighted by Crippen LogP contribution is 2.25. The second-order valence-electron chi connectivity index (χ2n) is 6.90.